The Kier molecular flexibility index (Phi) is 3.62. The Hall–Kier alpha value is -3.74. The van der Waals surface area contributed by atoms with E-state index < -0.39 is 5.56 Å². The molecule has 0 aliphatic carbocycles. The van der Waals surface area contributed by atoms with E-state index in [-0.39, 0.29) is 22.9 Å². The van der Waals surface area contributed by atoms with Crippen molar-refractivity contribution >= 4 is 34.4 Å². The van der Waals surface area contributed by atoms with Crippen molar-refractivity contribution < 1.29 is 9.90 Å². The van der Waals surface area contributed by atoms with Crippen LogP contribution in [0.4, 0.5) is 5.69 Å². The number of hydrogen-bond donors (Lipinski definition) is 2. The lowest BCUT2D eigenvalue weighted by Crippen LogP contribution is -2.21. The highest BCUT2D eigenvalue weighted by Gasteiger charge is 2.25. The Morgan fingerprint density at radius 1 is 1.08 bits per heavy atom. The summed E-state index contributed by atoms with van der Waals surface area (Å²) >= 11 is 0. The lowest BCUT2D eigenvalue weighted by molar-refractivity contribution is -0.110. The Morgan fingerprint density at radius 2 is 1.81 bits per heavy atom. The van der Waals surface area contributed by atoms with Crippen LogP contribution in [0.3, 0.4) is 0 Å². The molecule has 7 nitrogen and oxygen atoms in total. The molecule has 4 rings (SSSR count). The number of pyridine rings is 1. The summed E-state index contributed by atoms with van der Waals surface area (Å²) in [4.78, 5) is 24.5. The van der Waals surface area contributed by atoms with E-state index in [4.69, 9.17) is 0 Å². The highest BCUT2D eigenvalue weighted by molar-refractivity contribution is 6.53. The van der Waals surface area contributed by atoms with E-state index in [1.165, 1.54) is 10.8 Å². The smallest absolute Gasteiger partial charge is 0.276 e. The van der Waals surface area contributed by atoms with Gasteiger partial charge in [0.05, 0.1) is 17.4 Å². The fraction of sp³-hybridized carbons (Fsp3) is 0.0526. The van der Waals surface area contributed by atoms with Crippen LogP contribution >= 0.6 is 0 Å². The molecule has 26 heavy (non-hydrogen) atoms. The van der Waals surface area contributed by atoms with Crippen molar-refractivity contribution in [3.05, 3.63) is 70.0 Å². The summed E-state index contributed by atoms with van der Waals surface area (Å²) in [5.41, 5.74) is 1.70. The Bertz CT molecular complexity index is 1180. The molecule has 0 fully saturated rings. The Morgan fingerprint density at radius 3 is 2.65 bits per heavy atom. The van der Waals surface area contributed by atoms with Crippen molar-refractivity contribution in [1.29, 1.82) is 0 Å². The number of aromatic hydroxyl groups is 1. The zero-order chi connectivity index (χ0) is 18.3. The van der Waals surface area contributed by atoms with Gasteiger partial charge in [0.2, 0.25) is 0 Å². The van der Waals surface area contributed by atoms with E-state index in [9.17, 15) is 14.7 Å². The maximum atomic E-state index is 12.5. The predicted octanol–water partition coefficient (Wildman–Crippen LogP) is 2.02. The molecule has 0 saturated heterocycles. The minimum Gasteiger partial charge on any atom is -0.506 e. The molecule has 3 aromatic rings. The van der Waals surface area contributed by atoms with Crippen LogP contribution in [0, 0.1) is 0 Å². The maximum absolute atomic E-state index is 12.5. The normalized spacial score (nSPS) is 15.0. The van der Waals surface area contributed by atoms with E-state index in [0.29, 0.717) is 22.2 Å². The van der Waals surface area contributed by atoms with Crippen molar-refractivity contribution in [3.63, 3.8) is 0 Å². The molecule has 2 N–H and O–H groups in total. The summed E-state index contributed by atoms with van der Waals surface area (Å²) in [7, 11) is 1.62. The molecule has 2 aromatic carbocycles. The summed E-state index contributed by atoms with van der Waals surface area (Å²) in [6.45, 7) is 0. The summed E-state index contributed by atoms with van der Waals surface area (Å²) in [6, 6.07) is 14.2. The highest BCUT2D eigenvalue weighted by Crippen LogP contribution is 2.25. The van der Waals surface area contributed by atoms with Crippen LogP contribution in [0.2, 0.25) is 0 Å². The van der Waals surface area contributed by atoms with E-state index in [0.717, 1.165) is 0 Å². The summed E-state index contributed by atoms with van der Waals surface area (Å²) in [6.07, 6.45) is 1.17. The SMILES string of the molecule is Cn1c(=O)c(/C=N/N=C2\C(=O)Nc3ccccc32)c(O)c2ccccc21. The van der Waals surface area contributed by atoms with Crippen molar-refractivity contribution in [2.75, 3.05) is 5.32 Å². The topological polar surface area (TPSA) is 96.0 Å². The maximum Gasteiger partial charge on any atom is 0.276 e. The van der Waals surface area contributed by atoms with Crippen LogP contribution in [0.15, 0.2) is 63.5 Å². The number of nitrogens with one attached hydrogen (secondary N) is 1. The Balaban J connectivity index is 1.79. The Labute approximate surface area is 147 Å². The van der Waals surface area contributed by atoms with Gasteiger partial charge in [-0.15, -0.1) is 5.10 Å². The van der Waals surface area contributed by atoms with Crippen molar-refractivity contribution in [2.45, 2.75) is 0 Å². The van der Waals surface area contributed by atoms with Gasteiger partial charge < -0.3 is 15.0 Å². The minimum atomic E-state index is -0.401. The minimum absolute atomic E-state index is 0.0160. The lowest BCUT2D eigenvalue weighted by Gasteiger charge is -2.08. The first-order valence-electron chi connectivity index (χ1n) is 7.90. The second kappa shape index (κ2) is 5.96. The molecule has 2 heterocycles. The number of aromatic nitrogens is 1. The molecule has 1 amide bonds. The summed E-state index contributed by atoms with van der Waals surface area (Å²) in [5, 5.41) is 21.5. The van der Waals surface area contributed by atoms with E-state index in [1.807, 2.05) is 6.07 Å². The van der Waals surface area contributed by atoms with Gasteiger partial charge in [-0.05, 0) is 18.2 Å². The lowest BCUT2D eigenvalue weighted by atomic mass is 10.1. The highest BCUT2D eigenvalue weighted by atomic mass is 16.3. The van der Waals surface area contributed by atoms with Gasteiger partial charge in [-0.2, -0.15) is 5.10 Å². The van der Waals surface area contributed by atoms with Gasteiger partial charge in [-0.1, -0.05) is 30.3 Å². The molecule has 0 spiro atoms. The number of aryl methyl sites for hydroxylation is 1. The molecule has 0 saturated carbocycles. The van der Waals surface area contributed by atoms with Gasteiger partial charge in [0.25, 0.3) is 11.5 Å². The first-order valence-corrected chi connectivity index (χ1v) is 7.90. The number of nitrogens with zero attached hydrogens (tertiary/aromatic N) is 3. The van der Waals surface area contributed by atoms with Gasteiger partial charge in [0.15, 0.2) is 5.71 Å². The fourth-order valence-electron chi connectivity index (χ4n) is 2.97. The number of benzene rings is 2. The van der Waals surface area contributed by atoms with Crippen LogP contribution in [-0.2, 0) is 11.8 Å². The second-order valence-corrected chi connectivity index (χ2v) is 5.84. The van der Waals surface area contributed by atoms with Crippen molar-refractivity contribution in [3.8, 4) is 5.75 Å². The van der Waals surface area contributed by atoms with Crippen LogP contribution in [-0.4, -0.2) is 27.5 Å². The first kappa shape index (κ1) is 15.8. The average Bonchev–Trinajstić information content (AvgIpc) is 2.98. The van der Waals surface area contributed by atoms with E-state index >= 15 is 0 Å². The summed E-state index contributed by atoms with van der Waals surface area (Å²) in [5.74, 6) is -0.525. The third-order valence-corrected chi connectivity index (χ3v) is 4.30. The molecular formula is C19H14N4O3. The molecule has 0 radical (unpaired) electrons. The van der Waals surface area contributed by atoms with Gasteiger partial charge in [0.1, 0.15) is 11.3 Å². The van der Waals surface area contributed by atoms with Crippen LogP contribution in [0.1, 0.15) is 11.1 Å². The van der Waals surface area contributed by atoms with Crippen molar-refractivity contribution in [1.82, 2.24) is 4.57 Å². The predicted molar refractivity (Wildman–Crippen MR) is 100 cm³/mol. The zero-order valence-electron chi connectivity index (χ0n) is 13.8. The third kappa shape index (κ3) is 2.37. The number of carbonyl (C=O) groups excluding carboxylic acids is 1. The van der Waals surface area contributed by atoms with E-state index in [2.05, 4.69) is 15.5 Å². The number of carbonyl (C=O) groups is 1. The first-order chi connectivity index (χ1) is 12.6. The number of para-hydroxylation sites is 2. The number of amides is 1. The largest absolute Gasteiger partial charge is 0.506 e. The van der Waals surface area contributed by atoms with Gasteiger partial charge >= 0.3 is 0 Å². The number of fused-ring (bicyclic) bond motifs is 2. The van der Waals surface area contributed by atoms with E-state index in [1.54, 1.807) is 49.5 Å². The molecule has 7 heteroatoms. The monoisotopic (exact) mass is 346 g/mol. The third-order valence-electron chi connectivity index (χ3n) is 4.30. The molecule has 0 unspecified atom stereocenters. The van der Waals surface area contributed by atoms with Crippen LogP contribution in [0.5, 0.6) is 5.75 Å². The number of rotatable bonds is 2. The number of hydrogen-bond acceptors (Lipinski definition) is 5. The molecule has 1 aliphatic rings. The molecule has 1 aliphatic heterocycles. The second-order valence-electron chi connectivity index (χ2n) is 5.84. The van der Waals surface area contributed by atoms with Crippen molar-refractivity contribution in [2.24, 2.45) is 17.3 Å². The molecule has 0 bridgehead atoms. The molecule has 128 valence electrons. The van der Waals surface area contributed by atoms with Crippen LogP contribution in [0.25, 0.3) is 10.9 Å². The van der Waals surface area contributed by atoms with Crippen LogP contribution < -0.4 is 10.9 Å². The zero-order valence-corrected chi connectivity index (χ0v) is 13.8. The fourth-order valence-corrected chi connectivity index (χ4v) is 2.97. The quantitative estimate of drug-likeness (QED) is 0.549. The summed E-state index contributed by atoms with van der Waals surface area (Å²) < 4.78 is 1.43. The van der Waals surface area contributed by atoms with Gasteiger partial charge in [-0.25, -0.2) is 0 Å². The molecule has 1 aromatic heterocycles. The number of anilines is 1. The standard InChI is InChI=1S/C19H14N4O3/c1-23-15-9-5-3-7-12(15)17(24)13(19(23)26)10-20-22-16-11-6-2-4-8-14(11)21-18(16)25/h2-10,24H,1H3,(H,21,22,25)/b20-10+. The molecular weight excluding hydrogens is 332 g/mol. The average molecular weight is 346 g/mol. The van der Waals surface area contributed by atoms with Gasteiger partial charge in [-0.3, -0.25) is 9.59 Å². The molecule has 0 atom stereocenters. The van der Waals surface area contributed by atoms with Gasteiger partial charge in [0, 0.05) is 18.0 Å².